The van der Waals surface area contributed by atoms with Gasteiger partial charge in [0.1, 0.15) is 5.76 Å². The van der Waals surface area contributed by atoms with E-state index in [0.717, 1.165) is 16.9 Å². The third-order valence-corrected chi connectivity index (χ3v) is 4.31. The summed E-state index contributed by atoms with van der Waals surface area (Å²) in [5.74, 6) is 0.506. The predicted molar refractivity (Wildman–Crippen MR) is 82.9 cm³/mol. The van der Waals surface area contributed by atoms with Crippen molar-refractivity contribution in [1.29, 1.82) is 0 Å². The van der Waals surface area contributed by atoms with Gasteiger partial charge in [0.15, 0.2) is 0 Å². The largest absolute Gasteiger partial charge is 0.469 e. The first-order chi connectivity index (χ1) is 10.3. The summed E-state index contributed by atoms with van der Waals surface area (Å²) in [6.07, 6.45) is 2.27. The van der Waals surface area contributed by atoms with Crippen molar-refractivity contribution in [2.75, 3.05) is 5.32 Å². The molecule has 1 amide bonds. The molecule has 0 radical (unpaired) electrons. The summed E-state index contributed by atoms with van der Waals surface area (Å²) < 4.78 is 28.1. The molecule has 1 aromatic carbocycles. The normalized spacial score (nSPS) is 11.4. The van der Waals surface area contributed by atoms with Crippen LogP contribution < -0.4 is 10.5 Å². The zero-order valence-electron chi connectivity index (χ0n) is 12.4. The molecule has 0 spiro atoms. The number of primary sulfonamides is 1. The molecule has 0 aliphatic rings. The minimum absolute atomic E-state index is 0.0167. The van der Waals surface area contributed by atoms with Gasteiger partial charge in [-0.3, -0.25) is 4.79 Å². The van der Waals surface area contributed by atoms with E-state index in [1.54, 1.807) is 25.3 Å². The standard InChI is InChI=1S/C15H18N2O4S/c1-10-8-13(22(16,19)20)9-14(11(10)2)17-15(18)6-5-12-4-3-7-21-12/h3-4,7-9H,5-6H2,1-2H3,(H,17,18)(H2,16,19,20). The second-order valence-corrected chi connectivity index (χ2v) is 6.65. The summed E-state index contributed by atoms with van der Waals surface area (Å²) in [5.41, 5.74) is 2.00. The number of carbonyl (C=O) groups excluding carboxylic acids is 1. The molecule has 2 rings (SSSR count). The number of anilines is 1. The van der Waals surface area contributed by atoms with Crippen LogP contribution in [-0.2, 0) is 21.2 Å². The first-order valence-corrected chi connectivity index (χ1v) is 8.28. The second-order valence-electron chi connectivity index (χ2n) is 5.09. The van der Waals surface area contributed by atoms with Gasteiger partial charge in [-0.25, -0.2) is 13.6 Å². The summed E-state index contributed by atoms with van der Waals surface area (Å²) >= 11 is 0. The molecule has 0 saturated heterocycles. The third-order valence-electron chi connectivity index (χ3n) is 3.42. The zero-order valence-corrected chi connectivity index (χ0v) is 13.2. The average molecular weight is 322 g/mol. The van der Waals surface area contributed by atoms with Gasteiger partial charge in [-0.2, -0.15) is 0 Å². The molecule has 0 atom stereocenters. The Morgan fingerprint density at radius 2 is 2.05 bits per heavy atom. The topological polar surface area (TPSA) is 102 Å². The monoisotopic (exact) mass is 322 g/mol. The van der Waals surface area contributed by atoms with Crippen LogP contribution >= 0.6 is 0 Å². The van der Waals surface area contributed by atoms with E-state index in [9.17, 15) is 13.2 Å². The van der Waals surface area contributed by atoms with Gasteiger partial charge >= 0.3 is 0 Å². The lowest BCUT2D eigenvalue weighted by Crippen LogP contribution is -2.16. The molecule has 0 aliphatic carbocycles. The molecule has 3 N–H and O–H groups in total. The van der Waals surface area contributed by atoms with Crippen LogP contribution in [0.5, 0.6) is 0 Å². The third kappa shape index (κ3) is 3.96. The molecule has 0 bridgehead atoms. The quantitative estimate of drug-likeness (QED) is 0.880. The lowest BCUT2D eigenvalue weighted by atomic mass is 10.1. The molecule has 1 aromatic heterocycles. The molecular weight excluding hydrogens is 304 g/mol. The number of benzene rings is 1. The Morgan fingerprint density at radius 1 is 1.32 bits per heavy atom. The fraction of sp³-hybridized carbons (Fsp3) is 0.267. The van der Waals surface area contributed by atoms with Crippen molar-refractivity contribution in [3.63, 3.8) is 0 Å². The molecule has 0 unspecified atom stereocenters. The van der Waals surface area contributed by atoms with Crippen LogP contribution in [0.3, 0.4) is 0 Å². The van der Waals surface area contributed by atoms with Crippen molar-refractivity contribution in [3.8, 4) is 0 Å². The van der Waals surface area contributed by atoms with Crippen molar-refractivity contribution in [1.82, 2.24) is 0 Å². The van der Waals surface area contributed by atoms with Gasteiger partial charge in [0.25, 0.3) is 0 Å². The Kier molecular flexibility index (Phi) is 4.68. The molecular formula is C15H18N2O4S. The van der Waals surface area contributed by atoms with E-state index < -0.39 is 10.0 Å². The maximum atomic E-state index is 12.0. The number of nitrogens with two attached hydrogens (primary N) is 1. The Bertz CT molecular complexity index is 780. The molecule has 7 heteroatoms. The Labute approximate surface area is 129 Å². The number of nitrogens with one attached hydrogen (secondary N) is 1. The van der Waals surface area contributed by atoms with Gasteiger partial charge in [-0.1, -0.05) is 0 Å². The van der Waals surface area contributed by atoms with Crippen LogP contribution in [0.15, 0.2) is 39.8 Å². The smallest absolute Gasteiger partial charge is 0.238 e. The number of sulfonamides is 1. The Balaban J connectivity index is 2.14. The van der Waals surface area contributed by atoms with Crippen molar-refractivity contribution in [3.05, 3.63) is 47.4 Å². The Hall–Kier alpha value is -2.12. The SMILES string of the molecule is Cc1cc(S(N)(=O)=O)cc(NC(=O)CCc2ccco2)c1C. The lowest BCUT2D eigenvalue weighted by molar-refractivity contribution is -0.116. The summed E-state index contributed by atoms with van der Waals surface area (Å²) in [7, 11) is -3.81. The van der Waals surface area contributed by atoms with Crippen LogP contribution in [0.25, 0.3) is 0 Å². The molecule has 118 valence electrons. The molecule has 6 nitrogen and oxygen atoms in total. The fourth-order valence-corrected chi connectivity index (χ4v) is 2.65. The van der Waals surface area contributed by atoms with Crippen molar-refractivity contribution < 1.29 is 17.6 Å². The zero-order chi connectivity index (χ0) is 16.3. The molecule has 1 heterocycles. The van der Waals surface area contributed by atoms with Gasteiger partial charge in [-0.05, 0) is 49.2 Å². The van der Waals surface area contributed by atoms with E-state index in [2.05, 4.69) is 5.32 Å². The van der Waals surface area contributed by atoms with Crippen molar-refractivity contribution in [2.24, 2.45) is 5.14 Å². The summed E-state index contributed by atoms with van der Waals surface area (Å²) in [6.45, 7) is 3.58. The summed E-state index contributed by atoms with van der Waals surface area (Å²) in [4.78, 5) is 12.0. The summed E-state index contributed by atoms with van der Waals surface area (Å²) in [5, 5.41) is 7.87. The van der Waals surface area contributed by atoms with Gasteiger partial charge in [0.05, 0.1) is 11.2 Å². The van der Waals surface area contributed by atoms with Crippen molar-refractivity contribution in [2.45, 2.75) is 31.6 Å². The maximum absolute atomic E-state index is 12.0. The lowest BCUT2D eigenvalue weighted by Gasteiger charge is -2.12. The van der Waals surface area contributed by atoms with Crippen molar-refractivity contribution >= 4 is 21.6 Å². The number of furan rings is 1. The fourth-order valence-electron chi connectivity index (χ4n) is 2.02. The van der Waals surface area contributed by atoms with Gasteiger partial charge < -0.3 is 9.73 Å². The summed E-state index contributed by atoms with van der Waals surface area (Å²) in [6, 6.07) is 6.42. The number of rotatable bonds is 5. The molecule has 0 fully saturated rings. The maximum Gasteiger partial charge on any atom is 0.238 e. The predicted octanol–water partition coefficient (Wildman–Crippen LogP) is 2.12. The van der Waals surface area contributed by atoms with Gasteiger partial charge in [0, 0.05) is 18.5 Å². The second kappa shape index (κ2) is 6.33. The Morgan fingerprint density at radius 3 is 2.64 bits per heavy atom. The molecule has 0 aliphatic heterocycles. The minimum Gasteiger partial charge on any atom is -0.469 e. The highest BCUT2D eigenvalue weighted by molar-refractivity contribution is 7.89. The average Bonchev–Trinajstić information content (AvgIpc) is 2.93. The molecule has 0 saturated carbocycles. The van der Waals surface area contributed by atoms with E-state index in [0.29, 0.717) is 12.1 Å². The number of amides is 1. The van der Waals surface area contributed by atoms with E-state index >= 15 is 0 Å². The number of aryl methyl sites for hydroxylation is 2. The number of hydrogen-bond acceptors (Lipinski definition) is 4. The van der Waals surface area contributed by atoms with Gasteiger partial charge in [0.2, 0.25) is 15.9 Å². The first-order valence-electron chi connectivity index (χ1n) is 6.73. The van der Waals surface area contributed by atoms with E-state index in [1.807, 2.05) is 6.92 Å². The molecule has 22 heavy (non-hydrogen) atoms. The highest BCUT2D eigenvalue weighted by Crippen LogP contribution is 2.23. The van der Waals surface area contributed by atoms with Crippen LogP contribution in [0.1, 0.15) is 23.3 Å². The molecule has 2 aromatic rings. The van der Waals surface area contributed by atoms with E-state index in [1.165, 1.54) is 12.1 Å². The van der Waals surface area contributed by atoms with Crippen LogP contribution in [-0.4, -0.2) is 14.3 Å². The van der Waals surface area contributed by atoms with Crippen LogP contribution in [0.2, 0.25) is 0 Å². The van der Waals surface area contributed by atoms with E-state index in [-0.39, 0.29) is 17.2 Å². The minimum atomic E-state index is -3.81. The highest BCUT2D eigenvalue weighted by Gasteiger charge is 2.14. The van der Waals surface area contributed by atoms with Crippen LogP contribution in [0.4, 0.5) is 5.69 Å². The highest BCUT2D eigenvalue weighted by atomic mass is 32.2. The van der Waals surface area contributed by atoms with E-state index in [4.69, 9.17) is 9.56 Å². The number of carbonyl (C=O) groups is 1. The first kappa shape index (κ1) is 16.3. The number of hydrogen-bond donors (Lipinski definition) is 2. The van der Waals surface area contributed by atoms with Crippen LogP contribution in [0, 0.1) is 13.8 Å². The van der Waals surface area contributed by atoms with Gasteiger partial charge in [-0.15, -0.1) is 0 Å².